The zero-order valence-corrected chi connectivity index (χ0v) is 20.2. The summed E-state index contributed by atoms with van der Waals surface area (Å²) >= 11 is 0. The van der Waals surface area contributed by atoms with Crippen LogP contribution in [0.4, 0.5) is 9.59 Å². The summed E-state index contributed by atoms with van der Waals surface area (Å²) in [7, 11) is 0. The number of hydrogen-bond acceptors (Lipinski definition) is 6. The quantitative estimate of drug-likeness (QED) is 0.676. The average molecular weight is 459 g/mol. The maximum Gasteiger partial charge on any atom is 0.410 e. The van der Waals surface area contributed by atoms with Crippen molar-refractivity contribution < 1.29 is 19.1 Å². The number of rotatable bonds is 5. The van der Waals surface area contributed by atoms with Crippen LogP contribution in [0.5, 0.6) is 0 Å². The number of likely N-dealkylation sites (tertiary alicyclic amines) is 2. The van der Waals surface area contributed by atoms with Gasteiger partial charge >= 0.3 is 12.2 Å². The van der Waals surface area contributed by atoms with E-state index in [9.17, 15) is 9.59 Å². The number of hydrogen-bond donors (Lipinski definition) is 0. The summed E-state index contributed by atoms with van der Waals surface area (Å²) in [5, 5.41) is 0. The first-order valence-corrected chi connectivity index (χ1v) is 12.2. The van der Waals surface area contributed by atoms with E-state index in [1.165, 1.54) is 0 Å². The van der Waals surface area contributed by atoms with Crippen molar-refractivity contribution in [3.8, 4) is 0 Å². The maximum absolute atomic E-state index is 12.4. The Kier molecular flexibility index (Phi) is 7.44. The molecular weight excluding hydrogens is 420 g/mol. The van der Waals surface area contributed by atoms with Crippen LogP contribution in [0.3, 0.4) is 0 Å². The predicted molar refractivity (Wildman–Crippen MR) is 126 cm³/mol. The maximum atomic E-state index is 12.4. The molecule has 0 aliphatic carbocycles. The van der Waals surface area contributed by atoms with Gasteiger partial charge in [0, 0.05) is 64.9 Å². The third-order valence-corrected chi connectivity index (χ3v) is 6.69. The van der Waals surface area contributed by atoms with Crippen LogP contribution in [0.1, 0.15) is 32.8 Å². The van der Waals surface area contributed by atoms with Crippen molar-refractivity contribution in [2.45, 2.75) is 45.4 Å². The van der Waals surface area contributed by atoms with Crippen molar-refractivity contribution in [2.75, 3.05) is 58.9 Å². The van der Waals surface area contributed by atoms with E-state index in [2.05, 4.69) is 9.80 Å². The van der Waals surface area contributed by atoms with Crippen LogP contribution in [0.15, 0.2) is 30.3 Å². The summed E-state index contributed by atoms with van der Waals surface area (Å²) in [5.74, 6) is 0.523. The molecule has 3 aliphatic rings. The number of nitrogens with zero attached hydrogens (tertiary/aromatic N) is 4. The van der Waals surface area contributed by atoms with E-state index in [-0.39, 0.29) is 12.2 Å². The standard InChI is InChI=1S/C25H38N4O4/c1-25(2,3)33-24(31)29-10-9-21(16-29)15-26-17-22(18-26)27-11-13-28(14-12-27)23(30)32-19-20-7-5-4-6-8-20/h4-8,21-22H,9-19H2,1-3H3. The van der Waals surface area contributed by atoms with Crippen LogP contribution in [-0.2, 0) is 16.1 Å². The first-order valence-electron chi connectivity index (χ1n) is 12.2. The van der Waals surface area contributed by atoms with Gasteiger partial charge in [0.15, 0.2) is 0 Å². The molecule has 1 aromatic rings. The second kappa shape index (κ2) is 10.3. The summed E-state index contributed by atoms with van der Waals surface area (Å²) in [6.45, 7) is 14.1. The number of piperazine rings is 1. The van der Waals surface area contributed by atoms with Crippen molar-refractivity contribution in [3.63, 3.8) is 0 Å². The predicted octanol–water partition coefficient (Wildman–Crippen LogP) is 2.88. The van der Waals surface area contributed by atoms with Gasteiger partial charge in [-0.25, -0.2) is 9.59 Å². The van der Waals surface area contributed by atoms with E-state index < -0.39 is 5.60 Å². The number of carbonyl (C=O) groups is 2. The summed E-state index contributed by atoms with van der Waals surface area (Å²) in [6, 6.07) is 10.4. The second-order valence-electron chi connectivity index (χ2n) is 10.5. The van der Waals surface area contributed by atoms with Crippen LogP contribution < -0.4 is 0 Å². The van der Waals surface area contributed by atoms with Crippen LogP contribution in [-0.4, -0.2) is 102 Å². The van der Waals surface area contributed by atoms with Gasteiger partial charge in [-0.1, -0.05) is 30.3 Å². The largest absolute Gasteiger partial charge is 0.445 e. The lowest BCUT2D eigenvalue weighted by atomic mass is 10.0. The summed E-state index contributed by atoms with van der Waals surface area (Å²) in [6.07, 6.45) is 0.639. The molecule has 2 amide bonds. The molecule has 0 N–H and O–H groups in total. The molecule has 182 valence electrons. The molecule has 3 heterocycles. The number of benzene rings is 1. The third-order valence-electron chi connectivity index (χ3n) is 6.69. The van der Waals surface area contributed by atoms with Crippen molar-refractivity contribution in [1.82, 2.24) is 19.6 Å². The lowest BCUT2D eigenvalue weighted by Gasteiger charge is -2.48. The molecule has 4 rings (SSSR count). The smallest absolute Gasteiger partial charge is 0.410 e. The molecule has 1 unspecified atom stereocenters. The molecule has 8 heteroatoms. The molecule has 3 saturated heterocycles. The van der Waals surface area contributed by atoms with E-state index in [0.717, 1.165) is 70.9 Å². The number of amides is 2. The Morgan fingerprint density at radius 3 is 2.27 bits per heavy atom. The molecular formula is C25H38N4O4. The van der Waals surface area contributed by atoms with E-state index in [1.54, 1.807) is 0 Å². The summed E-state index contributed by atoms with van der Waals surface area (Å²) in [5.41, 5.74) is 0.568. The van der Waals surface area contributed by atoms with E-state index in [1.807, 2.05) is 60.9 Å². The van der Waals surface area contributed by atoms with Crippen molar-refractivity contribution in [2.24, 2.45) is 5.92 Å². The van der Waals surface area contributed by atoms with Gasteiger partial charge in [-0.2, -0.15) is 0 Å². The zero-order valence-electron chi connectivity index (χ0n) is 20.2. The Morgan fingerprint density at radius 2 is 1.61 bits per heavy atom. The fourth-order valence-electron chi connectivity index (χ4n) is 4.84. The van der Waals surface area contributed by atoms with Gasteiger partial charge in [0.1, 0.15) is 12.2 Å². The van der Waals surface area contributed by atoms with E-state index in [0.29, 0.717) is 18.6 Å². The zero-order chi connectivity index (χ0) is 23.4. The van der Waals surface area contributed by atoms with Crippen LogP contribution in [0.25, 0.3) is 0 Å². The average Bonchev–Trinajstić information content (AvgIpc) is 3.23. The molecule has 3 aliphatic heterocycles. The summed E-state index contributed by atoms with van der Waals surface area (Å²) < 4.78 is 11.0. The fraction of sp³-hybridized carbons (Fsp3) is 0.680. The lowest BCUT2D eigenvalue weighted by Crippen LogP contribution is -2.63. The van der Waals surface area contributed by atoms with Gasteiger partial charge in [0.2, 0.25) is 0 Å². The Morgan fingerprint density at radius 1 is 0.909 bits per heavy atom. The second-order valence-corrected chi connectivity index (χ2v) is 10.5. The normalized spacial score (nSPS) is 22.8. The van der Waals surface area contributed by atoms with E-state index in [4.69, 9.17) is 9.47 Å². The first kappa shape index (κ1) is 23.8. The lowest BCUT2D eigenvalue weighted by molar-refractivity contribution is -0.00337. The molecule has 33 heavy (non-hydrogen) atoms. The minimum absolute atomic E-state index is 0.188. The van der Waals surface area contributed by atoms with Gasteiger partial charge in [-0.3, -0.25) is 9.80 Å². The molecule has 0 spiro atoms. The molecule has 0 aromatic heterocycles. The molecule has 3 fully saturated rings. The topological polar surface area (TPSA) is 65.6 Å². The van der Waals surface area contributed by atoms with Gasteiger partial charge in [0.25, 0.3) is 0 Å². The highest BCUT2D eigenvalue weighted by Crippen LogP contribution is 2.24. The Hall–Kier alpha value is -2.32. The monoisotopic (exact) mass is 458 g/mol. The Labute approximate surface area is 197 Å². The molecule has 1 aromatic carbocycles. The van der Waals surface area contributed by atoms with Gasteiger partial charge in [0.05, 0.1) is 0 Å². The van der Waals surface area contributed by atoms with Gasteiger partial charge in [-0.15, -0.1) is 0 Å². The first-order chi connectivity index (χ1) is 15.8. The van der Waals surface area contributed by atoms with Crippen LogP contribution in [0, 0.1) is 5.92 Å². The molecule has 0 bridgehead atoms. The van der Waals surface area contributed by atoms with Crippen molar-refractivity contribution in [1.29, 1.82) is 0 Å². The molecule has 0 saturated carbocycles. The van der Waals surface area contributed by atoms with Crippen LogP contribution >= 0.6 is 0 Å². The highest BCUT2D eigenvalue weighted by atomic mass is 16.6. The van der Waals surface area contributed by atoms with Crippen molar-refractivity contribution >= 4 is 12.2 Å². The van der Waals surface area contributed by atoms with Crippen molar-refractivity contribution in [3.05, 3.63) is 35.9 Å². The molecule has 0 radical (unpaired) electrons. The number of ether oxygens (including phenoxy) is 2. The highest BCUT2D eigenvalue weighted by molar-refractivity contribution is 5.68. The minimum Gasteiger partial charge on any atom is -0.445 e. The Balaban J connectivity index is 1.11. The minimum atomic E-state index is -0.442. The molecule has 8 nitrogen and oxygen atoms in total. The third kappa shape index (κ3) is 6.60. The van der Waals surface area contributed by atoms with E-state index >= 15 is 0 Å². The summed E-state index contributed by atoms with van der Waals surface area (Å²) in [4.78, 5) is 33.3. The SMILES string of the molecule is CC(C)(C)OC(=O)N1CCC(CN2CC(N3CCN(C(=O)OCc4ccccc4)CC3)C2)C1. The fourth-order valence-corrected chi connectivity index (χ4v) is 4.84. The van der Waals surface area contributed by atoms with Crippen LogP contribution in [0.2, 0.25) is 0 Å². The van der Waals surface area contributed by atoms with Gasteiger partial charge < -0.3 is 19.3 Å². The number of carbonyl (C=O) groups excluding carboxylic acids is 2. The highest BCUT2D eigenvalue weighted by Gasteiger charge is 2.37. The van der Waals surface area contributed by atoms with Gasteiger partial charge in [-0.05, 0) is 38.7 Å². The molecule has 1 atom stereocenters. The Bertz CT molecular complexity index is 798.